The van der Waals surface area contributed by atoms with Crippen LogP contribution in [0.3, 0.4) is 0 Å². The van der Waals surface area contributed by atoms with Gasteiger partial charge in [-0.2, -0.15) is 0 Å². The fourth-order valence-electron chi connectivity index (χ4n) is 3.45. The molecule has 0 aromatic carbocycles. The number of likely N-dealkylation sites (N-methyl/N-ethyl adjacent to an activating group) is 1. The Kier molecular flexibility index (Phi) is 4.85. The fraction of sp³-hybridized carbons (Fsp3) is 0.400. The van der Waals surface area contributed by atoms with E-state index in [9.17, 15) is 0 Å². The van der Waals surface area contributed by atoms with E-state index in [1.807, 2.05) is 24.4 Å². The van der Waals surface area contributed by atoms with Crippen LogP contribution in [0.15, 0.2) is 30.5 Å². The first-order chi connectivity index (χ1) is 13.1. The Morgan fingerprint density at radius 3 is 2.63 bits per heavy atom. The van der Waals surface area contributed by atoms with Crippen LogP contribution in [0.5, 0.6) is 0 Å². The van der Waals surface area contributed by atoms with Crippen LogP contribution in [0.2, 0.25) is 0 Å². The standard InChI is InChI=1S/C20H25N7/c1-3-4-16-19-17(25-20(21)24-16)6-5-15(23-19)14-7-8-22-18(13-14)27-11-9-26(2)10-12-27/h5-8,13H,3-4,9-12H2,1-2H3,(H2,21,24,25). The van der Waals surface area contributed by atoms with Gasteiger partial charge in [0.05, 0.1) is 16.9 Å². The lowest BCUT2D eigenvalue weighted by Gasteiger charge is -2.33. The number of hydrogen-bond donors (Lipinski definition) is 1. The van der Waals surface area contributed by atoms with E-state index in [0.29, 0.717) is 5.95 Å². The summed E-state index contributed by atoms with van der Waals surface area (Å²) in [7, 11) is 2.16. The molecule has 0 unspecified atom stereocenters. The summed E-state index contributed by atoms with van der Waals surface area (Å²) in [4.78, 5) is 22.8. The van der Waals surface area contributed by atoms with Crippen molar-refractivity contribution in [2.75, 3.05) is 43.9 Å². The molecule has 4 rings (SSSR count). The van der Waals surface area contributed by atoms with Crippen LogP contribution < -0.4 is 10.6 Å². The van der Waals surface area contributed by atoms with Gasteiger partial charge < -0.3 is 15.5 Å². The molecule has 7 heteroatoms. The predicted octanol–water partition coefficient (Wildman–Crippen LogP) is 2.37. The highest BCUT2D eigenvalue weighted by atomic mass is 15.3. The molecule has 0 atom stereocenters. The molecule has 1 saturated heterocycles. The third kappa shape index (κ3) is 3.68. The molecule has 2 N–H and O–H groups in total. The van der Waals surface area contributed by atoms with Crippen molar-refractivity contribution in [3.05, 3.63) is 36.2 Å². The molecule has 1 fully saturated rings. The second-order valence-electron chi connectivity index (χ2n) is 7.04. The van der Waals surface area contributed by atoms with Crippen molar-refractivity contribution >= 4 is 22.8 Å². The number of piperazine rings is 1. The van der Waals surface area contributed by atoms with Gasteiger partial charge in [-0.3, -0.25) is 0 Å². The number of hydrogen-bond acceptors (Lipinski definition) is 7. The van der Waals surface area contributed by atoms with Gasteiger partial charge in [0.15, 0.2) is 0 Å². The molecule has 1 aliphatic rings. The number of anilines is 2. The highest BCUT2D eigenvalue weighted by Crippen LogP contribution is 2.25. The maximum atomic E-state index is 5.85. The SMILES string of the molecule is CCCc1nc(N)nc2ccc(-c3ccnc(N4CCN(C)CC4)c3)nc12. The molecule has 140 valence electrons. The Morgan fingerprint density at radius 1 is 1.04 bits per heavy atom. The predicted molar refractivity (Wildman–Crippen MR) is 109 cm³/mol. The van der Waals surface area contributed by atoms with Crippen molar-refractivity contribution < 1.29 is 0 Å². The zero-order chi connectivity index (χ0) is 18.8. The van der Waals surface area contributed by atoms with Gasteiger partial charge in [0, 0.05) is 37.9 Å². The summed E-state index contributed by atoms with van der Waals surface area (Å²) in [6.07, 6.45) is 3.68. The lowest BCUT2D eigenvalue weighted by atomic mass is 10.1. The molecule has 4 heterocycles. The number of pyridine rings is 2. The van der Waals surface area contributed by atoms with E-state index in [-0.39, 0.29) is 0 Å². The second-order valence-corrected chi connectivity index (χ2v) is 7.04. The van der Waals surface area contributed by atoms with Crippen molar-refractivity contribution in [1.29, 1.82) is 0 Å². The molecule has 0 saturated carbocycles. The van der Waals surface area contributed by atoms with E-state index in [4.69, 9.17) is 10.7 Å². The van der Waals surface area contributed by atoms with Crippen LogP contribution >= 0.6 is 0 Å². The summed E-state index contributed by atoms with van der Waals surface area (Å²) < 4.78 is 0. The minimum atomic E-state index is 0.307. The second kappa shape index (κ2) is 7.44. The lowest BCUT2D eigenvalue weighted by Crippen LogP contribution is -2.44. The lowest BCUT2D eigenvalue weighted by molar-refractivity contribution is 0.312. The first-order valence-corrected chi connectivity index (χ1v) is 9.47. The van der Waals surface area contributed by atoms with Crippen LogP contribution in [0.1, 0.15) is 19.0 Å². The summed E-state index contributed by atoms with van der Waals surface area (Å²) in [5.74, 6) is 1.31. The Morgan fingerprint density at radius 2 is 1.85 bits per heavy atom. The average molecular weight is 363 g/mol. The molecule has 3 aromatic rings. The molecule has 7 nitrogen and oxygen atoms in total. The zero-order valence-corrected chi connectivity index (χ0v) is 15.9. The molecule has 0 spiro atoms. The summed E-state index contributed by atoms with van der Waals surface area (Å²) in [5.41, 5.74) is 10.4. The molecule has 0 amide bonds. The topological polar surface area (TPSA) is 84.1 Å². The first-order valence-electron chi connectivity index (χ1n) is 9.47. The number of nitrogens with two attached hydrogens (primary N) is 1. The minimum absolute atomic E-state index is 0.307. The van der Waals surface area contributed by atoms with Crippen LogP contribution in [-0.4, -0.2) is 58.1 Å². The normalized spacial score (nSPS) is 15.4. The highest BCUT2D eigenvalue weighted by molar-refractivity contribution is 5.81. The third-order valence-corrected chi connectivity index (χ3v) is 4.99. The van der Waals surface area contributed by atoms with Gasteiger partial charge in [-0.05, 0) is 37.7 Å². The zero-order valence-electron chi connectivity index (χ0n) is 15.9. The summed E-state index contributed by atoms with van der Waals surface area (Å²) in [6, 6.07) is 8.10. The average Bonchev–Trinajstić information content (AvgIpc) is 2.68. The van der Waals surface area contributed by atoms with Gasteiger partial charge in [0.1, 0.15) is 11.3 Å². The maximum absolute atomic E-state index is 5.85. The smallest absolute Gasteiger partial charge is 0.220 e. The van der Waals surface area contributed by atoms with Gasteiger partial charge in [-0.25, -0.2) is 19.9 Å². The quantitative estimate of drug-likeness (QED) is 0.762. The van der Waals surface area contributed by atoms with E-state index in [1.54, 1.807) is 0 Å². The maximum Gasteiger partial charge on any atom is 0.220 e. The number of nitrogens with zero attached hydrogens (tertiary/aromatic N) is 6. The van der Waals surface area contributed by atoms with Gasteiger partial charge in [-0.1, -0.05) is 13.3 Å². The Bertz CT molecular complexity index is 948. The summed E-state index contributed by atoms with van der Waals surface area (Å²) >= 11 is 0. The van der Waals surface area contributed by atoms with Crippen LogP contribution in [0, 0.1) is 0 Å². The van der Waals surface area contributed by atoms with Gasteiger partial charge >= 0.3 is 0 Å². The van der Waals surface area contributed by atoms with Crippen LogP contribution in [-0.2, 0) is 6.42 Å². The molecular formula is C20H25N7. The first kappa shape index (κ1) is 17.6. The number of nitrogen functional groups attached to an aromatic ring is 1. The number of fused-ring (bicyclic) bond motifs is 1. The fourth-order valence-corrected chi connectivity index (χ4v) is 3.45. The molecule has 0 radical (unpaired) electrons. The monoisotopic (exact) mass is 363 g/mol. The van der Waals surface area contributed by atoms with Crippen molar-refractivity contribution in [1.82, 2.24) is 24.8 Å². The van der Waals surface area contributed by atoms with Gasteiger partial charge in [-0.15, -0.1) is 0 Å². The van der Waals surface area contributed by atoms with Crippen LogP contribution in [0.25, 0.3) is 22.3 Å². The number of aromatic nitrogens is 4. The third-order valence-electron chi connectivity index (χ3n) is 4.99. The Hall–Kier alpha value is -2.80. The summed E-state index contributed by atoms with van der Waals surface area (Å²) in [5, 5.41) is 0. The van der Waals surface area contributed by atoms with E-state index < -0.39 is 0 Å². The molecule has 0 bridgehead atoms. The molecule has 1 aliphatic heterocycles. The van der Waals surface area contributed by atoms with Crippen molar-refractivity contribution in [2.45, 2.75) is 19.8 Å². The highest BCUT2D eigenvalue weighted by Gasteiger charge is 2.16. The Labute approximate surface area is 159 Å². The van der Waals surface area contributed by atoms with E-state index in [0.717, 1.165) is 72.8 Å². The van der Waals surface area contributed by atoms with Crippen molar-refractivity contribution in [3.8, 4) is 11.3 Å². The largest absolute Gasteiger partial charge is 0.368 e. The summed E-state index contributed by atoms with van der Waals surface area (Å²) in [6.45, 7) is 6.22. The van der Waals surface area contributed by atoms with E-state index in [2.05, 4.69) is 44.8 Å². The van der Waals surface area contributed by atoms with Gasteiger partial charge in [0.2, 0.25) is 5.95 Å². The number of rotatable bonds is 4. The van der Waals surface area contributed by atoms with Gasteiger partial charge in [0.25, 0.3) is 0 Å². The van der Waals surface area contributed by atoms with Crippen molar-refractivity contribution in [3.63, 3.8) is 0 Å². The minimum Gasteiger partial charge on any atom is -0.368 e. The van der Waals surface area contributed by atoms with E-state index >= 15 is 0 Å². The molecule has 0 aliphatic carbocycles. The molecule has 27 heavy (non-hydrogen) atoms. The molecular weight excluding hydrogens is 338 g/mol. The van der Waals surface area contributed by atoms with Crippen LogP contribution in [0.4, 0.5) is 11.8 Å². The molecule has 3 aromatic heterocycles. The number of aryl methyl sites for hydroxylation is 1. The van der Waals surface area contributed by atoms with Crippen molar-refractivity contribution in [2.24, 2.45) is 0 Å². The Balaban J connectivity index is 1.71. The van der Waals surface area contributed by atoms with E-state index in [1.165, 1.54) is 0 Å².